The molecule has 1 rings (SSSR count). The first-order valence-electron chi connectivity index (χ1n) is 4.90. The van der Waals surface area contributed by atoms with Gasteiger partial charge in [0.1, 0.15) is 6.07 Å². The summed E-state index contributed by atoms with van der Waals surface area (Å²) in [4.78, 5) is 11.7. The second kappa shape index (κ2) is 5.66. The number of carbonyl (C=O) groups is 1. The fraction of sp³-hybridized carbons (Fsp3) is 0.333. The fourth-order valence-electron chi connectivity index (χ4n) is 1.46. The van der Waals surface area contributed by atoms with Gasteiger partial charge in [0.2, 0.25) is 0 Å². The Morgan fingerprint density at radius 3 is 2.75 bits per heavy atom. The summed E-state index contributed by atoms with van der Waals surface area (Å²) in [6, 6.07) is 5.62. The van der Waals surface area contributed by atoms with E-state index in [1.165, 1.54) is 0 Å². The van der Waals surface area contributed by atoms with Crippen LogP contribution in [0.15, 0.2) is 12.1 Å². The van der Waals surface area contributed by atoms with Gasteiger partial charge in [-0.15, -0.1) is 0 Å². The normalized spacial score (nSPS) is 9.62. The van der Waals surface area contributed by atoms with E-state index in [4.69, 9.17) is 10.00 Å². The predicted octanol–water partition coefficient (Wildman–Crippen LogP) is 2.94. The Kier molecular flexibility index (Phi) is 4.51. The van der Waals surface area contributed by atoms with Crippen LogP contribution in [0.1, 0.15) is 34.0 Å². The van der Waals surface area contributed by atoms with Crippen LogP contribution in [0.3, 0.4) is 0 Å². The number of aryl methyl sites for hydroxylation is 1. The number of carbonyl (C=O) groups excluding carboxylic acids is 1. The molecule has 0 aliphatic rings. The maximum absolute atomic E-state index is 11.7. The lowest BCUT2D eigenvalue weighted by Crippen LogP contribution is -2.08. The van der Waals surface area contributed by atoms with E-state index in [1.807, 2.05) is 19.1 Å². The number of halogens is 1. The number of ether oxygens (including phenoxy) is 1. The largest absolute Gasteiger partial charge is 0.462 e. The average molecular weight is 282 g/mol. The number of hydrogen-bond acceptors (Lipinski definition) is 3. The summed E-state index contributed by atoms with van der Waals surface area (Å²) in [6.07, 6.45) is 0. The lowest BCUT2D eigenvalue weighted by molar-refractivity contribution is 0.0526. The van der Waals surface area contributed by atoms with Crippen LogP contribution < -0.4 is 0 Å². The number of nitrogens with zero attached hydrogens (tertiary/aromatic N) is 1. The summed E-state index contributed by atoms with van der Waals surface area (Å²) in [5.41, 5.74) is 2.49. The van der Waals surface area contributed by atoms with E-state index in [9.17, 15) is 4.79 Å². The van der Waals surface area contributed by atoms with Gasteiger partial charge in [-0.05, 0) is 31.0 Å². The smallest absolute Gasteiger partial charge is 0.339 e. The van der Waals surface area contributed by atoms with Crippen LogP contribution in [-0.4, -0.2) is 12.6 Å². The van der Waals surface area contributed by atoms with Gasteiger partial charge in [-0.2, -0.15) is 5.26 Å². The van der Waals surface area contributed by atoms with Crippen molar-refractivity contribution in [2.75, 3.05) is 6.61 Å². The van der Waals surface area contributed by atoms with Crippen LogP contribution in [0.5, 0.6) is 0 Å². The Hall–Kier alpha value is -1.34. The van der Waals surface area contributed by atoms with Gasteiger partial charge < -0.3 is 4.74 Å². The molecule has 0 spiro atoms. The Bertz CT molecular complexity index is 449. The molecule has 0 aliphatic heterocycles. The maximum Gasteiger partial charge on any atom is 0.339 e. The van der Waals surface area contributed by atoms with E-state index in [2.05, 4.69) is 15.9 Å². The molecule has 0 unspecified atom stereocenters. The molecule has 0 aromatic heterocycles. The first-order valence-corrected chi connectivity index (χ1v) is 6.02. The third kappa shape index (κ3) is 2.61. The maximum atomic E-state index is 11.7. The number of alkyl halides is 1. The molecule has 1 aromatic rings. The molecule has 0 radical (unpaired) electrons. The first kappa shape index (κ1) is 12.7. The van der Waals surface area contributed by atoms with Gasteiger partial charge in [-0.25, -0.2) is 4.79 Å². The van der Waals surface area contributed by atoms with Crippen molar-refractivity contribution in [1.29, 1.82) is 5.26 Å². The third-order valence-corrected chi connectivity index (χ3v) is 2.80. The van der Waals surface area contributed by atoms with Gasteiger partial charge in [-0.3, -0.25) is 0 Å². The van der Waals surface area contributed by atoms with Crippen molar-refractivity contribution in [1.82, 2.24) is 0 Å². The molecule has 0 bridgehead atoms. The van der Waals surface area contributed by atoms with Gasteiger partial charge in [0.15, 0.2) is 0 Å². The van der Waals surface area contributed by atoms with Gasteiger partial charge >= 0.3 is 5.97 Å². The van der Waals surface area contributed by atoms with Gasteiger partial charge in [0, 0.05) is 5.33 Å². The van der Waals surface area contributed by atoms with Gasteiger partial charge in [-0.1, -0.05) is 22.0 Å². The van der Waals surface area contributed by atoms with Crippen molar-refractivity contribution >= 4 is 21.9 Å². The summed E-state index contributed by atoms with van der Waals surface area (Å²) in [6.45, 7) is 3.86. The molecule has 0 fully saturated rings. The van der Waals surface area contributed by atoms with E-state index in [-0.39, 0.29) is 0 Å². The molecule has 0 amide bonds. The second-order valence-electron chi connectivity index (χ2n) is 3.30. The number of nitriles is 1. The van der Waals surface area contributed by atoms with Crippen molar-refractivity contribution in [2.45, 2.75) is 19.2 Å². The summed E-state index contributed by atoms with van der Waals surface area (Å²) in [7, 11) is 0. The van der Waals surface area contributed by atoms with Crippen LogP contribution in [-0.2, 0) is 10.1 Å². The van der Waals surface area contributed by atoms with Crippen LogP contribution >= 0.6 is 15.9 Å². The summed E-state index contributed by atoms with van der Waals surface area (Å²) >= 11 is 3.33. The highest BCUT2D eigenvalue weighted by Gasteiger charge is 2.15. The molecule has 0 heterocycles. The van der Waals surface area contributed by atoms with Crippen LogP contribution in [0.2, 0.25) is 0 Å². The van der Waals surface area contributed by atoms with E-state index in [0.717, 1.165) is 11.1 Å². The molecule has 84 valence electrons. The van der Waals surface area contributed by atoms with Gasteiger partial charge in [0.25, 0.3) is 0 Å². The highest BCUT2D eigenvalue weighted by Crippen LogP contribution is 2.19. The fourth-order valence-corrected chi connectivity index (χ4v) is 1.78. The third-order valence-electron chi connectivity index (χ3n) is 2.16. The van der Waals surface area contributed by atoms with Crippen LogP contribution in [0.25, 0.3) is 0 Å². The summed E-state index contributed by atoms with van der Waals surface area (Å²) in [5, 5.41) is 9.66. The number of benzene rings is 1. The topological polar surface area (TPSA) is 50.1 Å². The zero-order valence-corrected chi connectivity index (χ0v) is 10.8. The zero-order chi connectivity index (χ0) is 12.1. The SMILES string of the molecule is CCOC(=O)c1cc(CBr)cc(C)c1C#N. The van der Waals surface area contributed by atoms with Crippen LogP contribution in [0.4, 0.5) is 0 Å². The van der Waals surface area contributed by atoms with Crippen LogP contribution in [0, 0.1) is 18.3 Å². The molecule has 3 nitrogen and oxygen atoms in total. The lowest BCUT2D eigenvalue weighted by atomic mass is 10.00. The minimum Gasteiger partial charge on any atom is -0.462 e. The Balaban J connectivity index is 3.29. The molecule has 16 heavy (non-hydrogen) atoms. The summed E-state index contributed by atoms with van der Waals surface area (Å²) < 4.78 is 4.92. The first-order chi connectivity index (χ1) is 7.63. The highest BCUT2D eigenvalue weighted by molar-refractivity contribution is 9.08. The monoisotopic (exact) mass is 281 g/mol. The molecule has 1 aromatic carbocycles. The standard InChI is InChI=1S/C12H12BrNO2/c1-3-16-12(15)10-5-9(6-13)4-8(2)11(10)7-14/h4-5H,3,6H2,1-2H3. The average Bonchev–Trinajstić information content (AvgIpc) is 2.28. The Labute approximate surface area is 103 Å². The minimum absolute atomic E-state index is 0.307. The molecule has 0 saturated carbocycles. The Morgan fingerprint density at radius 1 is 1.56 bits per heavy atom. The molecule has 0 N–H and O–H groups in total. The van der Waals surface area contributed by atoms with Crippen molar-refractivity contribution < 1.29 is 9.53 Å². The molecule has 4 heteroatoms. The van der Waals surface area contributed by atoms with Crippen molar-refractivity contribution in [3.05, 3.63) is 34.4 Å². The molecular weight excluding hydrogens is 270 g/mol. The van der Waals surface area contributed by atoms with E-state index in [0.29, 0.717) is 23.1 Å². The molecule has 0 aliphatic carbocycles. The molecular formula is C12H12BrNO2. The Morgan fingerprint density at radius 2 is 2.25 bits per heavy atom. The van der Waals surface area contributed by atoms with Gasteiger partial charge in [0.05, 0.1) is 17.7 Å². The van der Waals surface area contributed by atoms with E-state index >= 15 is 0 Å². The number of esters is 1. The highest BCUT2D eigenvalue weighted by atomic mass is 79.9. The molecule has 0 saturated heterocycles. The lowest BCUT2D eigenvalue weighted by Gasteiger charge is -2.08. The van der Waals surface area contributed by atoms with Crippen molar-refractivity contribution in [3.8, 4) is 6.07 Å². The molecule has 0 atom stereocenters. The van der Waals surface area contributed by atoms with E-state index < -0.39 is 5.97 Å². The van der Waals surface area contributed by atoms with E-state index in [1.54, 1.807) is 13.0 Å². The van der Waals surface area contributed by atoms with Crippen molar-refractivity contribution in [2.24, 2.45) is 0 Å². The minimum atomic E-state index is -0.440. The predicted molar refractivity (Wildman–Crippen MR) is 64.5 cm³/mol. The quantitative estimate of drug-likeness (QED) is 0.632. The summed E-state index contributed by atoms with van der Waals surface area (Å²) in [5.74, 6) is -0.440. The second-order valence-corrected chi connectivity index (χ2v) is 3.86. The van der Waals surface area contributed by atoms with Crippen molar-refractivity contribution in [3.63, 3.8) is 0 Å². The number of rotatable bonds is 3. The zero-order valence-electron chi connectivity index (χ0n) is 9.21. The number of hydrogen-bond donors (Lipinski definition) is 0.